The average molecular weight is 225 g/mol. The summed E-state index contributed by atoms with van der Waals surface area (Å²) in [5, 5.41) is 0.0643. The zero-order chi connectivity index (χ0) is 10.8. The number of aromatic nitrogens is 2. The zero-order valence-corrected chi connectivity index (χ0v) is 8.28. The first-order valence-corrected chi connectivity index (χ1v) is 4.53. The van der Waals surface area contributed by atoms with Crippen LogP contribution in [0.15, 0.2) is 30.7 Å². The number of benzene rings is 1. The van der Waals surface area contributed by atoms with Crippen molar-refractivity contribution in [2.45, 2.75) is 0 Å². The van der Waals surface area contributed by atoms with E-state index in [9.17, 15) is 9.18 Å². The van der Waals surface area contributed by atoms with E-state index in [4.69, 9.17) is 11.6 Å². The molecule has 0 N–H and O–H groups in total. The molecule has 0 fully saturated rings. The molecule has 15 heavy (non-hydrogen) atoms. The highest BCUT2D eigenvalue weighted by atomic mass is 35.5. The number of aldehydes is 1. The molecule has 1 aromatic carbocycles. The van der Waals surface area contributed by atoms with Crippen LogP contribution in [0.25, 0.3) is 5.69 Å². The van der Waals surface area contributed by atoms with Crippen LogP contribution < -0.4 is 0 Å². The second kappa shape index (κ2) is 3.82. The predicted octanol–water partition coefficient (Wildman–Crippen LogP) is 2.48. The molecule has 0 radical (unpaired) electrons. The highest BCUT2D eigenvalue weighted by Gasteiger charge is 2.03. The third kappa shape index (κ3) is 1.89. The Bertz CT molecular complexity index is 510. The Morgan fingerprint density at radius 3 is 2.87 bits per heavy atom. The first kappa shape index (κ1) is 9.86. The van der Waals surface area contributed by atoms with E-state index in [2.05, 4.69) is 4.98 Å². The molecule has 0 saturated heterocycles. The number of halogens is 2. The smallest absolute Gasteiger partial charge is 0.170 e. The molecule has 0 bridgehead atoms. The number of nitrogens with zero attached hydrogens (tertiary/aromatic N) is 2. The van der Waals surface area contributed by atoms with Crippen molar-refractivity contribution >= 4 is 17.9 Å². The maximum atomic E-state index is 13.1. The van der Waals surface area contributed by atoms with Crippen molar-refractivity contribution in [3.63, 3.8) is 0 Å². The van der Waals surface area contributed by atoms with Gasteiger partial charge in [0.1, 0.15) is 17.8 Å². The number of carbonyl (C=O) groups is 1. The summed E-state index contributed by atoms with van der Waals surface area (Å²) in [6, 6.07) is 4.37. The summed E-state index contributed by atoms with van der Waals surface area (Å²) >= 11 is 5.54. The standard InChI is InChI=1S/C10H6ClFN2O/c11-9-2-1-8(3-10(9)12)14-4-7(5-15)13-6-14/h1-6H. The van der Waals surface area contributed by atoms with E-state index in [1.54, 1.807) is 10.6 Å². The number of rotatable bonds is 2. The molecule has 0 amide bonds. The Morgan fingerprint density at radius 2 is 2.27 bits per heavy atom. The normalized spacial score (nSPS) is 10.3. The highest BCUT2D eigenvalue weighted by molar-refractivity contribution is 6.30. The molecule has 3 nitrogen and oxygen atoms in total. The fourth-order valence-electron chi connectivity index (χ4n) is 1.19. The quantitative estimate of drug-likeness (QED) is 0.735. The van der Waals surface area contributed by atoms with Crippen LogP contribution in [0.2, 0.25) is 5.02 Å². The molecule has 0 unspecified atom stereocenters. The second-order valence-electron chi connectivity index (χ2n) is 2.92. The molecule has 76 valence electrons. The lowest BCUT2D eigenvalue weighted by Gasteiger charge is -2.02. The molecule has 0 spiro atoms. The third-order valence-corrected chi connectivity index (χ3v) is 2.23. The molecule has 0 aliphatic rings. The summed E-state index contributed by atoms with van der Waals surface area (Å²) in [7, 11) is 0. The summed E-state index contributed by atoms with van der Waals surface area (Å²) in [6.45, 7) is 0. The van der Waals surface area contributed by atoms with Crippen LogP contribution in [0.3, 0.4) is 0 Å². The van der Waals surface area contributed by atoms with Gasteiger partial charge in [0.05, 0.1) is 5.02 Å². The molecule has 2 aromatic rings. The first-order valence-electron chi connectivity index (χ1n) is 4.15. The lowest BCUT2D eigenvalue weighted by atomic mass is 10.3. The minimum absolute atomic E-state index is 0.0643. The van der Waals surface area contributed by atoms with Crippen LogP contribution in [0.5, 0.6) is 0 Å². The summed E-state index contributed by atoms with van der Waals surface area (Å²) in [4.78, 5) is 14.2. The number of hydrogen-bond donors (Lipinski definition) is 0. The molecular weight excluding hydrogens is 219 g/mol. The van der Waals surface area contributed by atoms with Gasteiger partial charge in [0.25, 0.3) is 0 Å². The van der Waals surface area contributed by atoms with Gasteiger partial charge in [-0.3, -0.25) is 4.79 Å². The Morgan fingerprint density at radius 1 is 1.47 bits per heavy atom. The minimum Gasteiger partial charge on any atom is -0.305 e. The van der Waals surface area contributed by atoms with Gasteiger partial charge in [-0.1, -0.05) is 11.6 Å². The van der Waals surface area contributed by atoms with Crippen LogP contribution in [0.1, 0.15) is 10.5 Å². The monoisotopic (exact) mass is 224 g/mol. The van der Waals surface area contributed by atoms with Crippen molar-refractivity contribution in [3.8, 4) is 5.69 Å². The van der Waals surface area contributed by atoms with Gasteiger partial charge in [-0.15, -0.1) is 0 Å². The predicted molar refractivity (Wildman–Crippen MR) is 53.9 cm³/mol. The van der Waals surface area contributed by atoms with Gasteiger partial charge in [-0.2, -0.15) is 0 Å². The Hall–Kier alpha value is -1.68. The lowest BCUT2D eigenvalue weighted by molar-refractivity contribution is 0.111. The van der Waals surface area contributed by atoms with Crippen molar-refractivity contribution < 1.29 is 9.18 Å². The maximum Gasteiger partial charge on any atom is 0.170 e. The summed E-state index contributed by atoms with van der Waals surface area (Å²) < 4.78 is 14.7. The van der Waals surface area contributed by atoms with Crippen molar-refractivity contribution in [2.24, 2.45) is 0 Å². The third-order valence-electron chi connectivity index (χ3n) is 1.92. The molecule has 0 aliphatic heterocycles. The van der Waals surface area contributed by atoms with Crippen LogP contribution in [-0.4, -0.2) is 15.8 Å². The van der Waals surface area contributed by atoms with E-state index in [-0.39, 0.29) is 5.02 Å². The van der Waals surface area contributed by atoms with Crippen molar-refractivity contribution in [1.29, 1.82) is 0 Å². The topological polar surface area (TPSA) is 34.9 Å². The van der Waals surface area contributed by atoms with E-state index >= 15 is 0 Å². The molecule has 1 aromatic heterocycles. The Balaban J connectivity index is 2.44. The van der Waals surface area contributed by atoms with E-state index < -0.39 is 5.82 Å². The fourth-order valence-corrected chi connectivity index (χ4v) is 1.30. The average Bonchev–Trinajstić information content (AvgIpc) is 2.70. The van der Waals surface area contributed by atoms with Gasteiger partial charge in [0.15, 0.2) is 6.29 Å². The van der Waals surface area contributed by atoms with Gasteiger partial charge in [0.2, 0.25) is 0 Å². The van der Waals surface area contributed by atoms with Crippen molar-refractivity contribution in [2.75, 3.05) is 0 Å². The van der Waals surface area contributed by atoms with Gasteiger partial charge < -0.3 is 4.57 Å². The Labute approximate surface area is 90.1 Å². The van der Waals surface area contributed by atoms with Crippen molar-refractivity contribution in [3.05, 3.63) is 47.3 Å². The summed E-state index contributed by atoms with van der Waals surface area (Å²) in [5.74, 6) is -0.504. The van der Waals surface area contributed by atoms with Gasteiger partial charge in [0, 0.05) is 11.9 Å². The van der Waals surface area contributed by atoms with Gasteiger partial charge in [-0.25, -0.2) is 9.37 Å². The highest BCUT2D eigenvalue weighted by Crippen LogP contribution is 2.18. The van der Waals surface area contributed by atoms with Crippen LogP contribution in [0.4, 0.5) is 4.39 Å². The molecule has 0 atom stereocenters. The summed E-state index contributed by atoms with van der Waals surface area (Å²) in [6.07, 6.45) is 3.57. The van der Waals surface area contributed by atoms with Crippen LogP contribution in [-0.2, 0) is 0 Å². The summed E-state index contributed by atoms with van der Waals surface area (Å²) in [5.41, 5.74) is 0.864. The first-order chi connectivity index (χ1) is 7.20. The van der Waals surface area contributed by atoms with Gasteiger partial charge in [-0.05, 0) is 18.2 Å². The van der Waals surface area contributed by atoms with Crippen LogP contribution in [0, 0.1) is 5.82 Å². The molecule has 2 rings (SSSR count). The lowest BCUT2D eigenvalue weighted by Crippen LogP contribution is -1.91. The molecular formula is C10H6ClFN2O. The molecule has 5 heteroatoms. The molecule has 0 aliphatic carbocycles. The van der Waals surface area contributed by atoms with E-state index in [1.807, 2.05) is 0 Å². The van der Waals surface area contributed by atoms with E-state index in [1.165, 1.54) is 24.7 Å². The van der Waals surface area contributed by atoms with Gasteiger partial charge >= 0.3 is 0 Å². The fraction of sp³-hybridized carbons (Fsp3) is 0. The number of imidazole rings is 1. The second-order valence-corrected chi connectivity index (χ2v) is 3.33. The van der Waals surface area contributed by atoms with E-state index in [0.717, 1.165) is 0 Å². The maximum absolute atomic E-state index is 13.1. The minimum atomic E-state index is -0.504. The van der Waals surface area contributed by atoms with E-state index in [0.29, 0.717) is 17.7 Å². The van der Waals surface area contributed by atoms with Crippen molar-refractivity contribution in [1.82, 2.24) is 9.55 Å². The zero-order valence-electron chi connectivity index (χ0n) is 7.52. The molecule has 1 heterocycles. The number of hydrogen-bond acceptors (Lipinski definition) is 2. The molecule has 0 saturated carbocycles. The number of carbonyl (C=O) groups excluding carboxylic acids is 1. The SMILES string of the molecule is O=Cc1cn(-c2ccc(Cl)c(F)c2)cn1. The van der Waals surface area contributed by atoms with Crippen LogP contribution >= 0.6 is 11.6 Å². The Kier molecular flexibility index (Phi) is 2.51. The largest absolute Gasteiger partial charge is 0.305 e.